The molecule has 3 rings (SSSR count). The summed E-state index contributed by atoms with van der Waals surface area (Å²) in [6.07, 6.45) is 0.331. The van der Waals surface area contributed by atoms with Crippen molar-refractivity contribution in [3.63, 3.8) is 0 Å². The molecular weight excluding hydrogens is 372 g/mol. The van der Waals surface area contributed by atoms with E-state index < -0.39 is 8.07 Å². The van der Waals surface area contributed by atoms with Crippen LogP contribution in [0.1, 0.15) is 25.0 Å². The van der Waals surface area contributed by atoms with Crippen LogP contribution in [0.2, 0.25) is 12.6 Å². The molecule has 3 aromatic carbocycles. The minimum atomic E-state index is -2.01. The Bertz CT molecular complexity index is 897. The van der Waals surface area contributed by atoms with Gasteiger partial charge >= 0.3 is 5.97 Å². The summed E-state index contributed by atoms with van der Waals surface area (Å²) >= 11 is 0. The van der Waals surface area contributed by atoms with Crippen molar-refractivity contribution in [2.24, 2.45) is 0 Å². The van der Waals surface area contributed by atoms with Crippen LogP contribution < -0.4 is 10.4 Å². The maximum atomic E-state index is 11.7. The van der Waals surface area contributed by atoms with E-state index in [1.165, 1.54) is 17.3 Å². The van der Waals surface area contributed by atoms with E-state index in [0.717, 1.165) is 17.2 Å². The highest BCUT2D eigenvalue weighted by atomic mass is 28.3. The van der Waals surface area contributed by atoms with Crippen molar-refractivity contribution in [1.82, 2.24) is 0 Å². The normalized spacial score (nSPS) is 12.2. The van der Waals surface area contributed by atoms with Gasteiger partial charge in [0.2, 0.25) is 0 Å². The summed E-state index contributed by atoms with van der Waals surface area (Å²) in [6.45, 7) is 8.27. The summed E-state index contributed by atoms with van der Waals surface area (Å²) in [4.78, 5) is 11.7. The Balaban J connectivity index is 1.87. The molecule has 0 amide bonds. The highest BCUT2D eigenvalue weighted by molar-refractivity contribution is 7.01. The molecule has 2 nitrogen and oxygen atoms in total. The molecule has 0 aliphatic rings. The van der Waals surface area contributed by atoms with Gasteiger partial charge in [0.05, 0.1) is 0 Å². The molecule has 0 saturated heterocycles. The first-order valence-electron chi connectivity index (χ1n) is 9.99. The number of esters is 1. The molecule has 148 valence electrons. The van der Waals surface area contributed by atoms with Crippen LogP contribution >= 0.6 is 0 Å². The van der Waals surface area contributed by atoms with Gasteiger partial charge in [-0.1, -0.05) is 120 Å². The molecule has 3 aromatic rings. The average molecular weight is 401 g/mol. The minimum Gasteiger partial charge on any atom is -0.457 e. The van der Waals surface area contributed by atoms with Gasteiger partial charge in [0.15, 0.2) is 0 Å². The van der Waals surface area contributed by atoms with E-state index in [1.54, 1.807) is 0 Å². The van der Waals surface area contributed by atoms with E-state index >= 15 is 0 Å². The fourth-order valence-electron chi connectivity index (χ4n) is 3.91. The number of benzene rings is 3. The summed E-state index contributed by atoms with van der Waals surface area (Å²) in [5.74, 6) is -0.266. The van der Waals surface area contributed by atoms with Crippen LogP contribution in [0.5, 0.6) is 0 Å². The highest BCUT2D eigenvalue weighted by Crippen LogP contribution is 2.29. The second kappa shape index (κ2) is 9.53. The quantitative estimate of drug-likeness (QED) is 0.298. The maximum Gasteiger partial charge on any atom is 0.303 e. The van der Waals surface area contributed by atoms with Crippen molar-refractivity contribution < 1.29 is 9.53 Å². The molecule has 0 aliphatic carbocycles. The first kappa shape index (κ1) is 20.8. The zero-order chi connectivity index (χ0) is 20.7. The van der Waals surface area contributed by atoms with E-state index in [0.29, 0.717) is 6.42 Å². The third kappa shape index (κ3) is 5.33. The Morgan fingerprint density at radius 3 is 1.76 bits per heavy atom. The topological polar surface area (TPSA) is 26.3 Å². The van der Waals surface area contributed by atoms with Crippen molar-refractivity contribution in [2.45, 2.75) is 32.0 Å². The molecule has 1 atom stereocenters. The van der Waals surface area contributed by atoms with Gasteiger partial charge in [-0.25, -0.2) is 0 Å². The Kier molecular flexibility index (Phi) is 6.84. The predicted molar refractivity (Wildman–Crippen MR) is 123 cm³/mol. The van der Waals surface area contributed by atoms with Crippen LogP contribution in [0.4, 0.5) is 0 Å². The van der Waals surface area contributed by atoms with Crippen LogP contribution in [-0.4, -0.2) is 14.0 Å². The van der Waals surface area contributed by atoms with Crippen LogP contribution in [-0.2, 0) is 9.53 Å². The average Bonchev–Trinajstić information content (AvgIpc) is 2.74. The van der Waals surface area contributed by atoms with Gasteiger partial charge in [0.1, 0.15) is 14.2 Å². The van der Waals surface area contributed by atoms with Crippen LogP contribution in [0, 0.1) is 0 Å². The molecule has 0 aromatic heterocycles. The van der Waals surface area contributed by atoms with Gasteiger partial charge in [-0.15, -0.1) is 0 Å². The predicted octanol–water partition coefficient (Wildman–Crippen LogP) is 5.13. The third-order valence-electron chi connectivity index (χ3n) is 5.38. The lowest BCUT2D eigenvalue weighted by atomic mass is 10.0. The number of hydrogen-bond donors (Lipinski definition) is 0. The maximum absolute atomic E-state index is 11.7. The number of carbonyl (C=O) groups is 1. The Morgan fingerprint density at radius 1 is 0.862 bits per heavy atom. The number of rotatable bonds is 8. The van der Waals surface area contributed by atoms with Gasteiger partial charge in [-0.05, 0) is 11.6 Å². The minimum absolute atomic E-state index is 0.266. The fourth-order valence-corrected chi connectivity index (χ4v) is 7.65. The van der Waals surface area contributed by atoms with Gasteiger partial charge < -0.3 is 4.74 Å². The first-order chi connectivity index (χ1) is 14.0. The van der Waals surface area contributed by atoms with Crippen LogP contribution in [0.25, 0.3) is 0 Å². The lowest BCUT2D eigenvalue weighted by Crippen LogP contribution is -2.55. The molecule has 0 bridgehead atoms. The van der Waals surface area contributed by atoms with Crippen LogP contribution in [0.3, 0.4) is 0 Å². The summed E-state index contributed by atoms with van der Waals surface area (Å²) in [5, 5.41) is 2.77. The molecule has 29 heavy (non-hydrogen) atoms. The molecule has 0 radical (unpaired) electrons. The number of ether oxygens (including phenoxy) is 1. The third-order valence-corrected chi connectivity index (χ3v) is 9.80. The van der Waals surface area contributed by atoms with E-state index in [-0.39, 0.29) is 12.1 Å². The summed E-state index contributed by atoms with van der Waals surface area (Å²) in [7, 11) is -2.01. The van der Waals surface area contributed by atoms with E-state index in [4.69, 9.17) is 4.74 Å². The first-order valence-corrected chi connectivity index (χ1v) is 12.7. The summed E-state index contributed by atoms with van der Waals surface area (Å²) < 4.78 is 5.65. The molecule has 0 spiro atoms. The zero-order valence-electron chi connectivity index (χ0n) is 17.2. The van der Waals surface area contributed by atoms with Crippen molar-refractivity contribution in [1.29, 1.82) is 0 Å². The number of carbonyl (C=O) groups excluding carboxylic acids is 1. The lowest BCUT2D eigenvalue weighted by Gasteiger charge is -2.30. The standard InChI is InChI=1S/C26H28O2Si/c1-21(19-26(28-22(2)27)23-13-7-4-8-14-23)20-29(3,24-15-9-5-10-16-24)25-17-11-6-12-18-25/h4-18,26H,1,19-20H2,2-3H3. The Morgan fingerprint density at radius 2 is 1.31 bits per heavy atom. The second-order valence-electron chi connectivity index (χ2n) is 7.70. The molecule has 0 heterocycles. The molecule has 3 heteroatoms. The fraction of sp³-hybridized carbons (Fsp3) is 0.192. The molecular formula is C26H28O2Si. The molecule has 1 unspecified atom stereocenters. The SMILES string of the molecule is C=C(CC(OC(C)=O)c1ccccc1)C[Si](C)(c1ccccc1)c1ccccc1. The largest absolute Gasteiger partial charge is 0.457 e. The van der Waals surface area contributed by atoms with E-state index in [2.05, 4.69) is 73.8 Å². The highest BCUT2D eigenvalue weighted by Gasteiger charge is 2.33. The van der Waals surface area contributed by atoms with Crippen molar-refractivity contribution in [3.8, 4) is 0 Å². The molecule has 0 aliphatic heterocycles. The molecule has 0 fully saturated rings. The number of hydrogen-bond acceptors (Lipinski definition) is 2. The Hall–Kier alpha value is -2.91. The summed E-state index contributed by atoms with van der Waals surface area (Å²) in [6, 6.07) is 32.3. The van der Waals surface area contributed by atoms with Crippen molar-refractivity contribution in [3.05, 3.63) is 109 Å². The van der Waals surface area contributed by atoms with Crippen LogP contribution in [0.15, 0.2) is 103 Å². The van der Waals surface area contributed by atoms with E-state index in [1.807, 2.05) is 30.3 Å². The second-order valence-corrected chi connectivity index (χ2v) is 11.9. The lowest BCUT2D eigenvalue weighted by molar-refractivity contribution is -0.146. The van der Waals surface area contributed by atoms with Gasteiger partial charge in [-0.3, -0.25) is 4.79 Å². The zero-order valence-corrected chi connectivity index (χ0v) is 18.2. The van der Waals surface area contributed by atoms with Gasteiger partial charge in [-0.2, -0.15) is 0 Å². The molecule has 0 N–H and O–H groups in total. The van der Waals surface area contributed by atoms with Gasteiger partial charge in [0.25, 0.3) is 0 Å². The smallest absolute Gasteiger partial charge is 0.303 e. The van der Waals surface area contributed by atoms with Gasteiger partial charge in [0, 0.05) is 13.3 Å². The Labute approximate surface area is 174 Å². The summed E-state index contributed by atoms with van der Waals surface area (Å²) in [5.41, 5.74) is 2.12. The molecule has 0 saturated carbocycles. The van der Waals surface area contributed by atoms with Crippen molar-refractivity contribution >= 4 is 24.4 Å². The van der Waals surface area contributed by atoms with Crippen molar-refractivity contribution in [2.75, 3.05) is 0 Å². The monoisotopic (exact) mass is 400 g/mol. The van der Waals surface area contributed by atoms with E-state index in [9.17, 15) is 4.79 Å².